The summed E-state index contributed by atoms with van der Waals surface area (Å²) in [6, 6.07) is 4.47. The minimum Gasteiger partial charge on any atom is -0.497 e. The van der Waals surface area contributed by atoms with Crippen molar-refractivity contribution in [2.24, 2.45) is 11.0 Å². The number of hydrogen-bond acceptors (Lipinski definition) is 4. The molecule has 1 aliphatic rings. The van der Waals surface area contributed by atoms with E-state index in [1.165, 1.54) is 30.2 Å². The number of carboxylic acids is 1. The molecule has 110 valence electrons. The van der Waals surface area contributed by atoms with E-state index in [1.54, 1.807) is 0 Å². The monoisotopic (exact) mass is 290 g/mol. The van der Waals surface area contributed by atoms with Gasteiger partial charge in [-0.1, -0.05) is 5.11 Å². The predicted molar refractivity (Wildman–Crippen MR) is 74.4 cm³/mol. The van der Waals surface area contributed by atoms with Crippen molar-refractivity contribution in [2.45, 2.75) is 6.42 Å². The minimum atomic E-state index is -1.11. The van der Waals surface area contributed by atoms with Gasteiger partial charge in [0.25, 0.3) is 0 Å². The summed E-state index contributed by atoms with van der Waals surface area (Å²) in [5.41, 5.74) is 8.66. The first-order chi connectivity index (χ1) is 10.1. The first-order valence-electron chi connectivity index (χ1n) is 6.29. The number of methoxy groups -OCH3 is 1. The Hall–Kier alpha value is -2.73. The maximum atomic E-state index is 12.1. The number of aromatic carboxylic acids is 1. The highest BCUT2D eigenvalue weighted by Gasteiger charge is 2.32. The maximum absolute atomic E-state index is 12.1. The van der Waals surface area contributed by atoms with Crippen LogP contribution in [0.3, 0.4) is 0 Å². The number of benzene rings is 1. The molecule has 0 aliphatic carbocycles. The third-order valence-corrected chi connectivity index (χ3v) is 3.33. The topological polar surface area (TPSA) is 116 Å². The number of amides is 1. The summed E-state index contributed by atoms with van der Waals surface area (Å²) >= 11 is 0. The molecule has 1 aliphatic heterocycles. The number of anilines is 1. The van der Waals surface area contributed by atoms with Gasteiger partial charge in [0.2, 0.25) is 5.91 Å². The van der Waals surface area contributed by atoms with Crippen LogP contribution in [-0.4, -0.2) is 37.2 Å². The van der Waals surface area contributed by atoms with Crippen molar-refractivity contribution in [3.8, 4) is 5.75 Å². The highest BCUT2D eigenvalue weighted by Crippen LogP contribution is 2.31. The van der Waals surface area contributed by atoms with E-state index >= 15 is 0 Å². The predicted octanol–water partition coefficient (Wildman–Crippen LogP) is 2.06. The summed E-state index contributed by atoms with van der Waals surface area (Å²) in [5, 5.41) is 12.7. The van der Waals surface area contributed by atoms with E-state index in [-0.39, 0.29) is 30.4 Å². The largest absolute Gasteiger partial charge is 0.497 e. The number of carbonyl (C=O) groups is 2. The van der Waals surface area contributed by atoms with E-state index in [0.29, 0.717) is 18.0 Å². The molecule has 8 heteroatoms. The Morgan fingerprint density at radius 2 is 2.38 bits per heavy atom. The van der Waals surface area contributed by atoms with Gasteiger partial charge in [-0.05, 0) is 23.6 Å². The van der Waals surface area contributed by atoms with Crippen molar-refractivity contribution >= 4 is 17.6 Å². The Kier molecular flexibility index (Phi) is 4.30. The standard InChI is InChI=1S/C13H14N4O4/c1-21-9-2-3-10(13(19)20)11(5-9)17-7-8(4-12(17)18)6-15-16-14/h2-3,5,8H,4,6-7H2,1H3,(H,19,20). The summed E-state index contributed by atoms with van der Waals surface area (Å²) in [7, 11) is 1.47. The first-order valence-corrected chi connectivity index (χ1v) is 6.29. The van der Waals surface area contributed by atoms with Crippen molar-refractivity contribution < 1.29 is 19.4 Å². The van der Waals surface area contributed by atoms with Gasteiger partial charge in [-0.25, -0.2) is 4.79 Å². The molecule has 2 rings (SSSR count). The number of nitrogens with zero attached hydrogens (tertiary/aromatic N) is 4. The van der Waals surface area contributed by atoms with Crippen molar-refractivity contribution in [3.05, 3.63) is 34.2 Å². The van der Waals surface area contributed by atoms with E-state index in [9.17, 15) is 14.7 Å². The van der Waals surface area contributed by atoms with Gasteiger partial charge in [0, 0.05) is 30.5 Å². The van der Waals surface area contributed by atoms with Gasteiger partial charge in [-0.3, -0.25) is 4.79 Å². The number of carbonyl (C=O) groups excluding carboxylic acids is 1. The molecular weight excluding hydrogens is 276 g/mol. The smallest absolute Gasteiger partial charge is 0.337 e. The minimum absolute atomic E-state index is 0.0357. The molecule has 1 saturated heterocycles. The van der Waals surface area contributed by atoms with Crippen LogP contribution < -0.4 is 9.64 Å². The molecule has 1 aromatic carbocycles. The van der Waals surface area contributed by atoms with Crippen LogP contribution in [0.1, 0.15) is 16.8 Å². The molecule has 1 N–H and O–H groups in total. The van der Waals surface area contributed by atoms with Gasteiger partial charge in [-0.15, -0.1) is 0 Å². The molecule has 8 nitrogen and oxygen atoms in total. The number of ether oxygens (including phenoxy) is 1. The summed E-state index contributed by atoms with van der Waals surface area (Å²) in [6.45, 7) is 0.538. The fourth-order valence-corrected chi connectivity index (χ4v) is 2.33. The summed E-state index contributed by atoms with van der Waals surface area (Å²) < 4.78 is 5.08. The number of hydrogen-bond donors (Lipinski definition) is 1. The van der Waals surface area contributed by atoms with E-state index in [1.807, 2.05) is 0 Å². The number of rotatable bonds is 5. The zero-order chi connectivity index (χ0) is 15.4. The fourth-order valence-electron chi connectivity index (χ4n) is 2.33. The zero-order valence-corrected chi connectivity index (χ0v) is 11.4. The summed E-state index contributed by atoms with van der Waals surface area (Å²) in [5.74, 6) is -0.939. The van der Waals surface area contributed by atoms with Gasteiger partial charge in [0.15, 0.2) is 0 Å². The highest BCUT2D eigenvalue weighted by molar-refractivity contribution is 6.03. The van der Waals surface area contributed by atoms with Gasteiger partial charge in [0.1, 0.15) is 5.75 Å². The van der Waals surface area contributed by atoms with E-state index in [4.69, 9.17) is 10.3 Å². The van der Waals surface area contributed by atoms with Crippen LogP contribution in [0.5, 0.6) is 5.75 Å². The number of azide groups is 1. The molecule has 0 bridgehead atoms. The molecule has 0 radical (unpaired) electrons. The molecule has 21 heavy (non-hydrogen) atoms. The van der Waals surface area contributed by atoms with Crippen molar-refractivity contribution in [2.75, 3.05) is 25.1 Å². The molecule has 1 amide bonds. The Balaban J connectivity index is 2.34. The Morgan fingerprint density at radius 1 is 1.62 bits per heavy atom. The second-order valence-corrected chi connectivity index (χ2v) is 4.68. The SMILES string of the molecule is COc1ccc(C(=O)O)c(N2CC(CN=[N+]=[N-])CC2=O)c1. The fraction of sp³-hybridized carbons (Fsp3) is 0.385. The Morgan fingerprint density at radius 3 is 3.00 bits per heavy atom. The van der Waals surface area contributed by atoms with Gasteiger partial charge in [-0.2, -0.15) is 0 Å². The molecule has 0 saturated carbocycles. The average Bonchev–Trinajstić information content (AvgIpc) is 2.85. The second-order valence-electron chi connectivity index (χ2n) is 4.68. The Labute approximate surface area is 120 Å². The number of carboxylic acid groups (broad SMARTS) is 1. The highest BCUT2D eigenvalue weighted by atomic mass is 16.5. The first kappa shape index (κ1) is 14.7. The lowest BCUT2D eigenvalue weighted by Gasteiger charge is -2.19. The molecule has 1 atom stereocenters. The lowest BCUT2D eigenvalue weighted by atomic mass is 10.1. The third kappa shape index (κ3) is 3.06. The van der Waals surface area contributed by atoms with Gasteiger partial charge in [0.05, 0.1) is 18.4 Å². The van der Waals surface area contributed by atoms with Gasteiger partial charge >= 0.3 is 5.97 Å². The van der Waals surface area contributed by atoms with Crippen molar-refractivity contribution in [3.63, 3.8) is 0 Å². The van der Waals surface area contributed by atoms with Crippen LogP contribution in [0.25, 0.3) is 10.4 Å². The van der Waals surface area contributed by atoms with Crippen LogP contribution >= 0.6 is 0 Å². The lowest BCUT2D eigenvalue weighted by Crippen LogP contribution is -2.26. The van der Waals surface area contributed by atoms with E-state index < -0.39 is 5.97 Å². The van der Waals surface area contributed by atoms with Crippen molar-refractivity contribution in [1.82, 2.24) is 0 Å². The van der Waals surface area contributed by atoms with Crippen LogP contribution in [-0.2, 0) is 4.79 Å². The van der Waals surface area contributed by atoms with Gasteiger partial charge < -0.3 is 14.7 Å². The van der Waals surface area contributed by atoms with E-state index in [2.05, 4.69) is 10.0 Å². The summed E-state index contributed by atoms with van der Waals surface area (Å²) in [6.07, 6.45) is 0.231. The molecule has 1 fully saturated rings. The molecular formula is C13H14N4O4. The maximum Gasteiger partial charge on any atom is 0.337 e. The van der Waals surface area contributed by atoms with Crippen LogP contribution in [0.15, 0.2) is 23.3 Å². The molecule has 1 heterocycles. The lowest BCUT2D eigenvalue weighted by molar-refractivity contribution is -0.117. The van der Waals surface area contributed by atoms with Crippen LogP contribution in [0, 0.1) is 5.92 Å². The van der Waals surface area contributed by atoms with Crippen LogP contribution in [0.4, 0.5) is 5.69 Å². The molecule has 1 aromatic rings. The quantitative estimate of drug-likeness (QED) is 0.507. The third-order valence-electron chi connectivity index (χ3n) is 3.33. The van der Waals surface area contributed by atoms with Crippen LogP contribution in [0.2, 0.25) is 0 Å². The van der Waals surface area contributed by atoms with E-state index in [0.717, 1.165) is 0 Å². The molecule has 0 aromatic heterocycles. The molecule has 1 unspecified atom stereocenters. The summed E-state index contributed by atoms with van der Waals surface area (Å²) in [4.78, 5) is 27.5. The van der Waals surface area contributed by atoms with Crippen molar-refractivity contribution in [1.29, 1.82) is 0 Å². The Bertz CT molecular complexity index is 625. The normalized spacial score (nSPS) is 17.5. The second kappa shape index (κ2) is 6.15. The zero-order valence-electron chi connectivity index (χ0n) is 11.4. The molecule has 0 spiro atoms. The average molecular weight is 290 g/mol.